The van der Waals surface area contributed by atoms with Gasteiger partial charge in [0.25, 0.3) is 5.91 Å². The van der Waals surface area contributed by atoms with Gasteiger partial charge in [0.15, 0.2) is 0 Å². The van der Waals surface area contributed by atoms with E-state index >= 15 is 0 Å². The van der Waals surface area contributed by atoms with Crippen molar-refractivity contribution < 1.29 is 4.79 Å². The molecule has 0 fully saturated rings. The summed E-state index contributed by atoms with van der Waals surface area (Å²) in [6.07, 6.45) is 8.38. The van der Waals surface area contributed by atoms with Crippen LogP contribution in [0.4, 0.5) is 0 Å². The zero-order valence-electron chi connectivity index (χ0n) is 9.49. The van der Waals surface area contributed by atoms with Crippen molar-refractivity contribution in [2.45, 2.75) is 12.8 Å². The fourth-order valence-electron chi connectivity index (χ4n) is 1.75. The number of nitrogens with one attached hydrogen (secondary N) is 2. The number of carbonyl (C=O) groups excluding carboxylic acids is 1. The number of carbonyl (C=O) groups is 1. The maximum absolute atomic E-state index is 11.9. The standard InChI is InChI=1S/C14H14N2O/c1-2-3-6-9-15-14(17)12-10-16-13-8-5-4-7-11(12)13/h1,4-5,7-8,10,16H,3,6,9H2,(H,15,17). The quantitative estimate of drug-likeness (QED) is 0.610. The van der Waals surface area contributed by atoms with E-state index in [0.717, 1.165) is 17.3 Å². The van der Waals surface area contributed by atoms with Crippen LogP contribution < -0.4 is 5.32 Å². The second-order valence-electron chi connectivity index (χ2n) is 3.81. The van der Waals surface area contributed by atoms with Crippen molar-refractivity contribution in [1.82, 2.24) is 10.3 Å². The van der Waals surface area contributed by atoms with E-state index in [-0.39, 0.29) is 5.91 Å². The lowest BCUT2D eigenvalue weighted by Crippen LogP contribution is -2.24. The monoisotopic (exact) mass is 226 g/mol. The van der Waals surface area contributed by atoms with Crippen LogP contribution in [0.1, 0.15) is 23.2 Å². The van der Waals surface area contributed by atoms with Crippen LogP contribution in [0.5, 0.6) is 0 Å². The number of amides is 1. The van der Waals surface area contributed by atoms with Crippen LogP contribution in [0.2, 0.25) is 0 Å². The molecule has 17 heavy (non-hydrogen) atoms. The van der Waals surface area contributed by atoms with Gasteiger partial charge in [0.2, 0.25) is 0 Å². The molecule has 1 heterocycles. The van der Waals surface area contributed by atoms with Crippen LogP contribution in [0.15, 0.2) is 30.5 Å². The molecule has 1 amide bonds. The molecule has 2 N–H and O–H groups in total. The van der Waals surface area contributed by atoms with Crippen LogP contribution in [0, 0.1) is 12.3 Å². The summed E-state index contributed by atoms with van der Waals surface area (Å²) in [5, 5.41) is 3.80. The predicted molar refractivity (Wildman–Crippen MR) is 68.7 cm³/mol. The number of benzene rings is 1. The molecule has 0 aliphatic heterocycles. The van der Waals surface area contributed by atoms with E-state index in [9.17, 15) is 4.79 Å². The largest absolute Gasteiger partial charge is 0.360 e. The number of aromatic amines is 1. The SMILES string of the molecule is C#CCCCNC(=O)c1c[nH]c2ccccc12. The Balaban J connectivity index is 2.07. The summed E-state index contributed by atoms with van der Waals surface area (Å²) in [5.41, 5.74) is 1.66. The molecule has 0 saturated heterocycles. The van der Waals surface area contributed by atoms with Gasteiger partial charge in [-0.3, -0.25) is 4.79 Å². The van der Waals surface area contributed by atoms with Gasteiger partial charge in [-0.1, -0.05) is 18.2 Å². The van der Waals surface area contributed by atoms with E-state index in [1.165, 1.54) is 0 Å². The van der Waals surface area contributed by atoms with E-state index in [1.54, 1.807) is 6.20 Å². The molecule has 0 unspecified atom stereocenters. The molecule has 0 aliphatic carbocycles. The first kappa shape index (κ1) is 11.3. The van der Waals surface area contributed by atoms with Gasteiger partial charge < -0.3 is 10.3 Å². The second-order valence-corrected chi connectivity index (χ2v) is 3.81. The molecule has 2 aromatic rings. The van der Waals surface area contributed by atoms with Gasteiger partial charge in [0.1, 0.15) is 0 Å². The predicted octanol–water partition coefficient (Wildman–Crippen LogP) is 2.31. The number of unbranched alkanes of at least 4 members (excludes halogenated alkanes) is 1. The Bertz CT molecular complexity index is 563. The lowest BCUT2D eigenvalue weighted by Gasteiger charge is -2.02. The smallest absolute Gasteiger partial charge is 0.253 e. The van der Waals surface area contributed by atoms with E-state index in [2.05, 4.69) is 16.2 Å². The third-order valence-corrected chi connectivity index (χ3v) is 2.62. The summed E-state index contributed by atoms with van der Waals surface area (Å²) < 4.78 is 0. The van der Waals surface area contributed by atoms with Crippen LogP contribution >= 0.6 is 0 Å². The minimum absolute atomic E-state index is 0.0560. The molecule has 0 radical (unpaired) electrons. The zero-order chi connectivity index (χ0) is 12.1. The highest BCUT2D eigenvalue weighted by Gasteiger charge is 2.10. The zero-order valence-corrected chi connectivity index (χ0v) is 9.49. The molecule has 1 aromatic carbocycles. The number of rotatable bonds is 4. The van der Waals surface area contributed by atoms with Gasteiger partial charge in [-0.25, -0.2) is 0 Å². The molecule has 0 saturated carbocycles. The Morgan fingerprint density at radius 2 is 2.24 bits per heavy atom. The number of terminal acetylenes is 1. The summed E-state index contributed by atoms with van der Waals surface area (Å²) in [4.78, 5) is 15.0. The van der Waals surface area contributed by atoms with Crippen molar-refractivity contribution in [3.05, 3.63) is 36.0 Å². The van der Waals surface area contributed by atoms with Crippen LogP contribution in [0.3, 0.4) is 0 Å². The van der Waals surface area contributed by atoms with E-state index in [1.807, 2.05) is 24.3 Å². The average molecular weight is 226 g/mol. The van der Waals surface area contributed by atoms with E-state index in [4.69, 9.17) is 6.42 Å². The van der Waals surface area contributed by atoms with Crippen molar-refractivity contribution in [2.75, 3.05) is 6.54 Å². The Labute approximate surface area is 100 Å². The number of hydrogen-bond donors (Lipinski definition) is 2. The molecule has 0 spiro atoms. The lowest BCUT2D eigenvalue weighted by molar-refractivity contribution is 0.0955. The molecule has 3 heteroatoms. The maximum Gasteiger partial charge on any atom is 0.253 e. The summed E-state index contributed by atoms with van der Waals surface area (Å²) in [6.45, 7) is 0.614. The van der Waals surface area contributed by atoms with Gasteiger partial charge in [0.05, 0.1) is 5.56 Å². The second kappa shape index (κ2) is 5.22. The van der Waals surface area contributed by atoms with Crippen LogP contribution in [-0.2, 0) is 0 Å². The van der Waals surface area contributed by atoms with E-state index < -0.39 is 0 Å². The minimum Gasteiger partial charge on any atom is -0.360 e. The molecular weight excluding hydrogens is 212 g/mol. The first-order valence-corrected chi connectivity index (χ1v) is 5.60. The number of aromatic nitrogens is 1. The van der Waals surface area contributed by atoms with Crippen LogP contribution in [0.25, 0.3) is 10.9 Å². The minimum atomic E-state index is -0.0560. The maximum atomic E-state index is 11.9. The summed E-state index contributed by atoms with van der Waals surface area (Å²) >= 11 is 0. The number of fused-ring (bicyclic) bond motifs is 1. The molecule has 3 nitrogen and oxygen atoms in total. The fraction of sp³-hybridized carbons (Fsp3) is 0.214. The van der Waals surface area contributed by atoms with Crippen molar-refractivity contribution in [3.8, 4) is 12.3 Å². The molecule has 0 atom stereocenters. The van der Waals surface area contributed by atoms with Crippen molar-refractivity contribution in [2.24, 2.45) is 0 Å². The van der Waals surface area contributed by atoms with Crippen LogP contribution in [-0.4, -0.2) is 17.4 Å². The highest BCUT2D eigenvalue weighted by molar-refractivity contribution is 6.06. The van der Waals surface area contributed by atoms with Crippen molar-refractivity contribution in [1.29, 1.82) is 0 Å². The van der Waals surface area contributed by atoms with Crippen molar-refractivity contribution >= 4 is 16.8 Å². The van der Waals surface area contributed by atoms with Gasteiger partial charge in [-0.2, -0.15) is 0 Å². The topological polar surface area (TPSA) is 44.9 Å². The molecule has 2 rings (SSSR count). The van der Waals surface area contributed by atoms with Gasteiger partial charge in [-0.15, -0.1) is 12.3 Å². The number of para-hydroxylation sites is 1. The molecule has 0 aliphatic rings. The first-order chi connectivity index (χ1) is 8.33. The normalized spacial score (nSPS) is 10.1. The lowest BCUT2D eigenvalue weighted by atomic mass is 10.1. The van der Waals surface area contributed by atoms with Gasteiger partial charge >= 0.3 is 0 Å². The van der Waals surface area contributed by atoms with Crippen molar-refractivity contribution in [3.63, 3.8) is 0 Å². The highest BCUT2D eigenvalue weighted by Crippen LogP contribution is 2.17. The first-order valence-electron chi connectivity index (χ1n) is 5.60. The number of H-pyrrole nitrogens is 1. The molecule has 86 valence electrons. The Morgan fingerprint density at radius 3 is 3.06 bits per heavy atom. The molecule has 0 bridgehead atoms. The Hall–Kier alpha value is -2.21. The summed E-state index contributed by atoms with van der Waals surface area (Å²) in [7, 11) is 0. The Morgan fingerprint density at radius 1 is 1.41 bits per heavy atom. The summed E-state index contributed by atoms with van der Waals surface area (Å²) in [5.74, 6) is 2.49. The van der Waals surface area contributed by atoms with Gasteiger partial charge in [0, 0.05) is 30.1 Å². The average Bonchev–Trinajstić information content (AvgIpc) is 2.78. The Kier molecular flexibility index (Phi) is 3.46. The third-order valence-electron chi connectivity index (χ3n) is 2.62. The highest BCUT2D eigenvalue weighted by atomic mass is 16.1. The van der Waals surface area contributed by atoms with E-state index in [0.29, 0.717) is 18.5 Å². The molecule has 1 aromatic heterocycles. The molecular formula is C14H14N2O. The fourth-order valence-corrected chi connectivity index (χ4v) is 1.75. The number of hydrogen-bond acceptors (Lipinski definition) is 1. The third kappa shape index (κ3) is 2.48. The summed E-state index contributed by atoms with van der Waals surface area (Å²) in [6, 6.07) is 7.74. The van der Waals surface area contributed by atoms with Gasteiger partial charge in [-0.05, 0) is 12.5 Å².